The Hall–Kier alpha value is -1.85. The summed E-state index contributed by atoms with van der Waals surface area (Å²) in [6.45, 7) is 6.62. The van der Waals surface area contributed by atoms with E-state index in [-0.39, 0.29) is 11.8 Å². The predicted octanol–water partition coefficient (Wildman–Crippen LogP) is 1.31. The number of hydrogen-bond acceptors (Lipinski definition) is 5. The molecule has 0 radical (unpaired) electrons. The van der Waals surface area contributed by atoms with Crippen LogP contribution in [0, 0.1) is 12.8 Å². The van der Waals surface area contributed by atoms with Crippen LogP contribution in [0.3, 0.4) is 0 Å². The van der Waals surface area contributed by atoms with E-state index in [1.165, 1.54) is 0 Å². The molecule has 1 aliphatic rings. The van der Waals surface area contributed by atoms with E-state index in [9.17, 15) is 4.79 Å². The lowest BCUT2D eigenvalue weighted by molar-refractivity contribution is -0.122. The number of amides is 1. The topological polar surface area (TPSA) is 84.1 Å². The van der Waals surface area contributed by atoms with Crippen LogP contribution in [0.15, 0.2) is 6.20 Å². The molecule has 2 rings (SSSR count). The summed E-state index contributed by atoms with van der Waals surface area (Å²) < 4.78 is 0. The molecule has 0 bridgehead atoms. The number of carbonyl (C=O) groups is 1. The van der Waals surface area contributed by atoms with Crippen molar-refractivity contribution < 1.29 is 4.79 Å². The van der Waals surface area contributed by atoms with Crippen molar-refractivity contribution >= 4 is 17.7 Å². The molecule has 0 atom stereocenters. The quantitative estimate of drug-likeness (QED) is 0.847. The molecule has 0 aliphatic carbocycles. The van der Waals surface area contributed by atoms with Gasteiger partial charge < -0.3 is 16.0 Å². The van der Waals surface area contributed by atoms with E-state index < -0.39 is 0 Å². The van der Waals surface area contributed by atoms with Gasteiger partial charge in [0.15, 0.2) is 0 Å². The van der Waals surface area contributed by atoms with Crippen molar-refractivity contribution in [2.75, 3.05) is 29.9 Å². The third-order valence-electron chi connectivity index (χ3n) is 3.67. The second kappa shape index (κ2) is 6.54. The Morgan fingerprint density at radius 1 is 1.50 bits per heavy atom. The van der Waals surface area contributed by atoms with Crippen LogP contribution in [0.2, 0.25) is 0 Å². The van der Waals surface area contributed by atoms with Gasteiger partial charge in [0.05, 0.1) is 0 Å². The first-order valence-corrected chi connectivity index (χ1v) is 7.23. The van der Waals surface area contributed by atoms with Gasteiger partial charge in [-0.3, -0.25) is 4.79 Å². The van der Waals surface area contributed by atoms with Crippen molar-refractivity contribution in [2.45, 2.75) is 33.1 Å². The maximum atomic E-state index is 11.2. The van der Waals surface area contributed by atoms with Gasteiger partial charge in [-0.05, 0) is 26.2 Å². The number of nitrogens with two attached hydrogens (primary N) is 1. The van der Waals surface area contributed by atoms with Crippen molar-refractivity contribution in [3.8, 4) is 0 Å². The lowest BCUT2D eigenvalue weighted by atomic mass is 9.96. The second-order valence-electron chi connectivity index (χ2n) is 5.29. The summed E-state index contributed by atoms with van der Waals surface area (Å²) in [5, 5.41) is 3.21. The van der Waals surface area contributed by atoms with Crippen LogP contribution in [-0.2, 0) is 4.79 Å². The zero-order valence-electron chi connectivity index (χ0n) is 12.2. The summed E-state index contributed by atoms with van der Waals surface area (Å²) in [4.78, 5) is 22.3. The van der Waals surface area contributed by atoms with E-state index in [2.05, 4.69) is 27.1 Å². The van der Waals surface area contributed by atoms with Crippen molar-refractivity contribution in [1.82, 2.24) is 9.97 Å². The SMILES string of the molecule is CCCNc1ncc(C)c(N2CCC(C(N)=O)CC2)n1. The van der Waals surface area contributed by atoms with Crippen LogP contribution >= 0.6 is 0 Å². The van der Waals surface area contributed by atoms with Gasteiger partial charge in [-0.2, -0.15) is 4.98 Å². The molecule has 1 aromatic heterocycles. The normalized spacial score (nSPS) is 16.2. The van der Waals surface area contributed by atoms with Gasteiger partial charge in [-0.1, -0.05) is 6.92 Å². The molecule has 1 aromatic rings. The molecule has 3 N–H and O–H groups in total. The fourth-order valence-corrected chi connectivity index (χ4v) is 2.45. The van der Waals surface area contributed by atoms with Gasteiger partial charge in [0.2, 0.25) is 11.9 Å². The number of anilines is 2. The highest BCUT2D eigenvalue weighted by Crippen LogP contribution is 2.24. The number of carbonyl (C=O) groups excluding carboxylic acids is 1. The van der Waals surface area contributed by atoms with E-state index in [0.29, 0.717) is 5.95 Å². The first kappa shape index (κ1) is 14.6. The predicted molar refractivity (Wildman–Crippen MR) is 79.7 cm³/mol. The Labute approximate surface area is 119 Å². The van der Waals surface area contributed by atoms with E-state index >= 15 is 0 Å². The van der Waals surface area contributed by atoms with Crippen molar-refractivity contribution in [3.63, 3.8) is 0 Å². The highest BCUT2D eigenvalue weighted by molar-refractivity contribution is 5.77. The lowest BCUT2D eigenvalue weighted by Gasteiger charge is -2.32. The Morgan fingerprint density at radius 2 is 2.20 bits per heavy atom. The third kappa shape index (κ3) is 3.37. The molecular formula is C14H23N5O. The fraction of sp³-hybridized carbons (Fsp3) is 0.643. The molecule has 6 heteroatoms. The van der Waals surface area contributed by atoms with Crippen molar-refractivity contribution in [2.24, 2.45) is 11.7 Å². The van der Waals surface area contributed by atoms with Crippen LogP contribution in [-0.4, -0.2) is 35.5 Å². The molecule has 20 heavy (non-hydrogen) atoms. The minimum Gasteiger partial charge on any atom is -0.369 e. The van der Waals surface area contributed by atoms with Crippen LogP contribution < -0.4 is 16.0 Å². The van der Waals surface area contributed by atoms with Gasteiger partial charge >= 0.3 is 0 Å². The Morgan fingerprint density at radius 3 is 2.80 bits per heavy atom. The summed E-state index contributed by atoms with van der Waals surface area (Å²) in [6.07, 6.45) is 4.49. The van der Waals surface area contributed by atoms with Crippen LogP contribution in [0.4, 0.5) is 11.8 Å². The highest BCUT2D eigenvalue weighted by atomic mass is 16.1. The monoisotopic (exact) mass is 277 g/mol. The maximum absolute atomic E-state index is 11.2. The Kier molecular flexibility index (Phi) is 4.76. The van der Waals surface area contributed by atoms with Gasteiger partial charge in [-0.15, -0.1) is 0 Å². The zero-order chi connectivity index (χ0) is 14.5. The van der Waals surface area contributed by atoms with Crippen LogP contribution in [0.25, 0.3) is 0 Å². The van der Waals surface area contributed by atoms with Gasteiger partial charge in [0.25, 0.3) is 0 Å². The average molecular weight is 277 g/mol. The van der Waals surface area contributed by atoms with Gasteiger partial charge in [0, 0.05) is 37.3 Å². The summed E-state index contributed by atoms with van der Waals surface area (Å²) in [6, 6.07) is 0. The van der Waals surface area contributed by atoms with Crippen LogP contribution in [0.5, 0.6) is 0 Å². The van der Waals surface area contributed by atoms with E-state index in [4.69, 9.17) is 5.73 Å². The Bertz CT molecular complexity index is 469. The third-order valence-corrected chi connectivity index (χ3v) is 3.67. The summed E-state index contributed by atoms with van der Waals surface area (Å²) >= 11 is 0. The molecule has 0 unspecified atom stereocenters. The average Bonchev–Trinajstić information content (AvgIpc) is 2.46. The van der Waals surface area contributed by atoms with Crippen molar-refractivity contribution in [1.29, 1.82) is 0 Å². The Balaban J connectivity index is 2.06. The van der Waals surface area contributed by atoms with E-state index in [1.54, 1.807) is 0 Å². The zero-order valence-corrected chi connectivity index (χ0v) is 12.2. The van der Waals surface area contributed by atoms with Crippen molar-refractivity contribution in [3.05, 3.63) is 11.8 Å². The number of rotatable bonds is 5. The smallest absolute Gasteiger partial charge is 0.224 e. The molecular weight excluding hydrogens is 254 g/mol. The molecule has 1 fully saturated rings. The van der Waals surface area contributed by atoms with E-state index in [0.717, 1.165) is 50.3 Å². The molecule has 0 spiro atoms. The molecule has 110 valence electrons. The molecule has 0 aromatic carbocycles. The van der Waals surface area contributed by atoms with Crippen LogP contribution in [0.1, 0.15) is 31.7 Å². The van der Waals surface area contributed by atoms with E-state index in [1.807, 2.05) is 13.1 Å². The largest absolute Gasteiger partial charge is 0.369 e. The van der Waals surface area contributed by atoms with Gasteiger partial charge in [0.1, 0.15) is 5.82 Å². The number of aryl methyl sites for hydroxylation is 1. The highest BCUT2D eigenvalue weighted by Gasteiger charge is 2.24. The number of piperidine rings is 1. The minimum atomic E-state index is -0.186. The first-order chi connectivity index (χ1) is 9.61. The molecule has 1 saturated heterocycles. The molecule has 1 aliphatic heterocycles. The van der Waals surface area contributed by atoms with Gasteiger partial charge in [-0.25, -0.2) is 4.98 Å². The number of nitrogens with one attached hydrogen (secondary N) is 1. The molecule has 6 nitrogen and oxygen atoms in total. The summed E-state index contributed by atoms with van der Waals surface area (Å²) in [7, 11) is 0. The number of primary amides is 1. The number of nitrogens with zero attached hydrogens (tertiary/aromatic N) is 3. The lowest BCUT2D eigenvalue weighted by Crippen LogP contribution is -2.39. The molecule has 1 amide bonds. The minimum absolute atomic E-state index is 0.00563. The standard InChI is InChI=1S/C14H23N5O/c1-3-6-16-14-17-9-10(2)13(18-14)19-7-4-11(5-8-19)12(15)20/h9,11H,3-8H2,1-2H3,(H2,15,20)(H,16,17,18). The second-order valence-corrected chi connectivity index (χ2v) is 5.29. The summed E-state index contributed by atoms with van der Waals surface area (Å²) in [5.41, 5.74) is 6.43. The maximum Gasteiger partial charge on any atom is 0.224 e. The number of hydrogen-bond donors (Lipinski definition) is 2. The molecule has 2 heterocycles. The molecule has 0 saturated carbocycles. The summed E-state index contributed by atoms with van der Waals surface area (Å²) in [5.74, 6) is 1.45. The first-order valence-electron chi connectivity index (χ1n) is 7.23. The fourth-order valence-electron chi connectivity index (χ4n) is 2.45. The number of aromatic nitrogens is 2.